The first-order valence-corrected chi connectivity index (χ1v) is 16.3. The number of carbonyl (C=O) groups is 4. The second-order valence-corrected chi connectivity index (χ2v) is 12.2. The van der Waals surface area contributed by atoms with E-state index in [-0.39, 0.29) is 85.5 Å². The lowest BCUT2D eigenvalue weighted by Crippen LogP contribution is -2.53. The number of hydrogen-bond acceptors (Lipinski definition) is 10. The summed E-state index contributed by atoms with van der Waals surface area (Å²) >= 11 is 13.6. The Balaban J connectivity index is 1.36. The van der Waals surface area contributed by atoms with E-state index in [4.69, 9.17) is 43.4 Å². The van der Waals surface area contributed by atoms with Gasteiger partial charge in [0.2, 0.25) is 11.8 Å². The molecule has 6 atom stereocenters. The molecule has 2 bridgehead atoms. The molecule has 246 valence electrons. The molecule has 1 aliphatic heterocycles. The maximum absolute atomic E-state index is 13.6. The van der Waals surface area contributed by atoms with E-state index in [1.165, 1.54) is 0 Å². The monoisotopic (exact) mass is 728 g/mol. The molecule has 3 aliphatic rings. The minimum absolute atomic E-state index is 0.0729. The molecule has 0 aromatic heterocycles. The van der Waals surface area contributed by atoms with Gasteiger partial charge in [0.25, 0.3) is 0 Å². The highest BCUT2D eigenvalue weighted by Gasteiger charge is 2.66. The molecule has 1 aromatic carbocycles. The van der Waals surface area contributed by atoms with Crippen LogP contribution in [0.3, 0.4) is 0 Å². The SMILES string of the molecule is CCOC(=O)NC(=S)NCCNC(=O)C1C2CC(C3OC(c4ccc(Br)cc4)OC23)C1C(=O)NCCNC(=S)NC(=O)OCC. The van der Waals surface area contributed by atoms with Gasteiger partial charge in [-0.05, 0) is 56.8 Å². The van der Waals surface area contributed by atoms with Gasteiger partial charge in [0.1, 0.15) is 0 Å². The number of thiocarbonyl (C=S) groups is 2. The zero-order valence-corrected chi connectivity index (χ0v) is 28.0. The van der Waals surface area contributed by atoms with Crippen molar-refractivity contribution in [3.05, 3.63) is 34.3 Å². The topological polar surface area (TPSA) is 177 Å². The van der Waals surface area contributed by atoms with Gasteiger partial charge in [0.15, 0.2) is 16.5 Å². The van der Waals surface area contributed by atoms with E-state index < -0.39 is 30.3 Å². The number of carbonyl (C=O) groups excluding carboxylic acids is 4. The van der Waals surface area contributed by atoms with E-state index in [2.05, 4.69) is 47.8 Å². The van der Waals surface area contributed by atoms with Gasteiger partial charge in [-0.15, -0.1) is 0 Å². The Kier molecular flexibility index (Phi) is 12.7. The van der Waals surface area contributed by atoms with Crippen LogP contribution in [-0.4, -0.2) is 85.8 Å². The number of fused-ring (bicyclic) bond motifs is 5. The first kappa shape index (κ1) is 34.7. The van der Waals surface area contributed by atoms with Gasteiger partial charge in [-0.2, -0.15) is 0 Å². The summed E-state index contributed by atoms with van der Waals surface area (Å²) in [5.41, 5.74) is 0.853. The number of rotatable bonds is 11. The smallest absolute Gasteiger partial charge is 0.413 e. The standard InChI is InChI=1S/C28H37BrN6O8S2/c1-3-40-27(38)34-25(44)32-11-9-30-22(36)18-16-13-17(21-20(16)42-24(43-21)14-5-7-15(29)8-6-14)19(18)23(37)31-10-12-33-26(45)35-28(39)41-4-2/h5-8,16-21,24H,3-4,9-13H2,1-2H3,(H,30,36)(H,31,37)(H2,32,34,38,44)(H2,33,35,39,45). The summed E-state index contributed by atoms with van der Waals surface area (Å²) in [7, 11) is 0. The molecule has 0 radical (unpaired) electrons. The van der Waals surface area contributed by atoms with Gasteiger partial charge in [-0.3, -0.25) is 20.2 Å². The molecule has 1 heterocycles. The number of hydrogen-bond donors (Lipinski definition) is 6. The van der Waals surface area contributed by atoms with Crippen molar-refractivity contribution < 1.29 is 38.1 Å². The Hall–Kier alpha value is -3.12. The zero-order valence-electron chi connectivity index (χ0n) is 24.8. The third kappa shape index (κ3) is 9.00. The highest BCUT2D eigenvalue weighted by Crippen LogP contribution is 2.58. The van der Waals surface area contributed by atoms with Crippen LogP contribution in [0.25, 0.3) is 0 Å². The second kappa shape index (κ2) is 16.4. The van der Waals surface area contributed by atoms with E-state index in [0.717, 1.165) is 10.0 Å². The third-order valence-corrected chi connectivity index (χ3v) is 8.75. The zero-order chi connectivity index (χ0) is 32.5. The molecule has 3 fully saturated rings. The fourth-order valence-electron chi connectivity index (χ4n) is 6.04. The Morgan fingerprint density at radius 1 is 0.756 bits per heavy atom. The van der Waals surface area contributed by atoms with Crippen molar-refractivity contribution in [1.82, 2.24) is 31.9 Å². The van der Waals surface area contributed by atoms with Crippen LogP contribution in [-0.2, 0) is 28.5 Å². The minimum atomic E-state index is -0.670. The van der Waals surface area contributed by atoms with Crippen LogP contribution in [0.2, 0.25) is 0 Å². The van der Waals surface area contributed by atoms with Crippen molar-refractivity contribution in [2.75, 3.05) is 39.4 Å². The van der Waals surface area contributed by atoms with E-state index >= 15 is 0 Å². The normalized spacial score (nSPS) is 25.8. The number of ether oxygens (including phenoxy) is 4. The summed E-state index contributed by atoms with van der Waals surface area (Å²) in [5, 5.41) is 16.4. The molecule has 2 saturated carbocycles. The molecule has 14 nitrogen and oxygen atoms in total. The van der Waals surface area contributed by atoms with Crippen LogP contribution in [0.5, 0.6) is 0 Å². The molecule has 1 aromatic rings. The lowest BCUT2D eigenvalue weighted by atomic mass is 9.75. The molecule has 0 spiro atoms. The fourth-order valence-corrected chi connectivity index (χ4v) is 6.67. The molecule has 1 saturated heterocycles. The average molecular weight is 730 g/mol. The van der Waals surface area contributed by atoms with Gasteiger partial charge in [-0.25, -0.2) is 9.59 Å². The molecular weight excluding hydrogens is 692 g/mol. The van der Waals surface area contributed by atoms with Crippen LogP contribution < -0.4 is 31.9 Å². The Morgan fingerprint density at radius 2 is 1.18 bits per heavy atom. The number of benzene rings is 1. The van der Waals surface area contributed by atoms with Crippen molar-refractivity contribution in [3.8, 4) is 0 Å². The average Bonchev–Trinajstić information content (AvgIpc) is 3.69. The lowest BCUT2D eigenvalue weighted by Gasteiger charge is -2.34. The van der Waals surface area contributed by atoms with E-state index in [1.54, 1.807) is 13.8 Å². The Labute approximate surface area is 279 Å². The lowest BCUT2D eigenvalue weighted by molar-refractivity contribution is -0.140. The number of halogens is 1. The molecule has 4 amide bonds. The molecule has 4 rings (SSSR count). The molecule has 45 heavy (non-hydrogen) atoms. The van der Waals surface area contributed by atoms with Crippen molar-refractivity contribution in [3.63, 3.8) is 0 Å². The quantitative estimate of drug-likeness (QED) is 0.144. The summed E-state index contributed by atoms with van der Waals surface area (Å²) in [6.07, 6.45) is -2.00. The predicted molar refractivity (Wildman–Crippen MR) is 173 cm³/mol. The summed E-state index contributed by atoms with van der Waals surface area (Å²) in [6.45, 7) is 4.67. The van der Waals surface area contributed by atoms with Gasteiger partial charge in [0, 0.05) is 48.1 Å². The summed E-state index contributed by atoms with van der Waals surface area (Å²) in [5.74, 6) is -2.30. The highest BCUT2D eigenvalue weighted by molar-refractivity contribution is 9.10. The van der Waals surface area contributed by atoms with Crippen LogP contribution in [0.4, 0.5) is 9.59 Å². The molecular formula is C28H37BrN6O8S2. The summed E-state index contributed by atoms with van der Waals surface area (Å²) < 4.78 is 23.2. The van der Waals surface area contributed by atoms with Gasteiger partial charge in [0.05, 0.1) is 37.3 Å². The van der Waals surface area contributed by atoms with Crippen molar-refractivity contribution >= 4 is 74.6 Å². The van der Waals surface area contributed by atoms with Crippen LogP contribution in [0.1, 0.15) is 32.1 Å². The predicted octanol–water partition coefficient (Wildman–Crippen LogP) is 1.59. The number of amides is 4. The van der Waals surface area contributed by atoms with Crippen molar-refractivity contribution in [2.24, 2.45) is 23.7 Å². The minimum Gasteiger partial charge on any atom is -0.450 e. The first-order valence-electron chi connectivity index (χ1n) is 14.7. The van der Waals surface area contributed by atoms with Crippen molar-refractivity contribution in [1.29, 1.82) is 0 Å². The van der Waals surface area contributed by atoms with E-state index in [1.807, 2.05) is 24.3 Å². The maximum atomic E-state index is 13.6. The molecule has 6 unspecified atom stereocenters. The van der Waals surface area contributed by atoms with Crippen LogP contribution >= 0.6 is 40.4 Å². The molecule has 2 aliphatic carbocycles. The largest absolute Gasteiger partial charge is 0.450 e. The summed E-state index contributed by atoms with van der Waals surface area (Å²) in [4.78, 5) is 50.2. The van der Waals surface area contributed by atoms with E-state index in [0.29, 0.717) is 6.42 Å². The maximum Gasteiger partial charge on any atom is 0.413 e. The molecule has 17 heteroatoms. The van der Waals surface area contributed by atoms with Gasteiger partial charge in [-0.1, -0.05) is 28.1 Å². The first-order chi connectivity index (χ1) is 21.6. The van der Waals surface area contributed by atoms with E-state index in [9.17, 15) is 19.2 Å². The molecule has 6 N–H and O–H groups in total. The van der Waals surface area contributed by atoms with Gasteiger partial charge < -0.3 is 40.2 Å². The fraction of sp³-hybridized carbons (Fsp3) is 0.571. The number of alkyl carbamates (subject to hydrolysis) is 2. The number of nitrogens with one attached hydrogen (secondary N) is 6. The van der Waals surface area contributed by atoms with Gasteiger partial charge >= 0.3 is 12.2 Å². The Morgan fingerprint density at radius 3 is 1.60 bits per heavy atom. The summed E-state index contributed by atoms with van der Waals surface area (Å²) in [6, 6.07) is 7.63. The van der Waals surface area contributed by atoms with Crippen LogP contribution in [0.15, 0.2) is 28.7 Å². The van der Waals surface area contributed by atoms with Crippen molar-refractivity contribution in [2.45, 2.75) is 38.8 Å². The third-order valence-electron chi connectivity index (χ3n) is 7.73. The second-order valence-electron chi connectivity index (χ2n) is 10.5. The Bertz CT molecular complexity index is 1200. The highest BCUT2D eigenvalue weighted by atomic mass is 79.9. The van der Waals surface area contributed by atoms with Crippen LogP contribution in [0, 0.1) is 23.7 Å².